The highest BCUT2D eigenvalue weighted by Gasteiger charge is 2.33. The maximum atomic E-state index is 12.8. The maximum absolute atomic E-state index is 12.8. The third kappa shape index (κ3) is 3.18. The number of nitrogens with one attached hydrogen (secondary N) is 1. The van der Waals surface area contributed by atoms with Crippen LogP contribution in [0.5, 0.6) is 5.75 Å². The summed E-state index contributed by atoms with van der Waals surface area (Å²) in [5.41, 5.74) is 1.47. The van der Waals surface area contributed by atoms with E-state index in [9.17, 15) is 13.2 Å². The number of benzene rings is 1. The maximum Gasteiger partial charge on any atom is 0.250 e. The topological polar surface area (TPSA) is 88.9 Å². The average molecular weight is 362 g/mol. The van der Waals surface area contributed by atoms with E-state index < -0.39 is 10.0 Å². The van der Waals surface area contributed by atoms with Crippen LogP contribution in [0, 0.1) is 6.92 Å². The lowest BCUT2D eigenvalue weighted by Gasteiger charge is -2.16. The van der Waals surface area contributed by atoms with E-state index >= 15 is 0 Å². The molecule has 0 saturated carbocycles. The molecule has 0 radical (unpaired) electrons. The molecular weight excluding hydrogens is 344 g/mol. The minimum Gasteiger partial charge on any atom is -0.496 e. The number of aryl methyl sites for hydroxylation is 1. The molecule has 1 aromatic heterocycles. The van der Waals surface area contributed by atoms with Crippen LogP contribution in [0.3, 0.4) is 0 Å². The minimum absolute atomic E-state index is 0.118. The Balaban J connectivity index is 1.81. The first kappa shape index (κ1) is 17.2. The Kier molecular flexibility index (Phi) is 4.40. The van der Waals surface area contributed by atoms with Crippen molar-refractivity contribution in [3.63, 3.8) is 0 Å². The second-order valence-electron chi connectivity index (χ2n) is 5.66. The van der Waals surface area contributed by atoms with E-state index in [1.165, 1.54) is 17.5 Å². The zero-order valence-electron chi connectivity index (χ0n) is 13.9. The first-order chi connectivity index (χ1) is 11.8. The van der Waals surface area contributed by atoms with Crippen LogP contribution in [0.25, 0.3) is 0 Å². The molecule has 132 valence electrons. The predicted molar refractivity (Wildman–Crippen MR) is 91.7 cm³/mol. The summed E-state index contributed by atoms with van der Waals surface area (Å²) in [7, 11) is -2.11. The van der Waals surface area contributed by atoms with E-state index in [0.717, 1.165) is 17.2 Å². The van der Waals surface area contributed by atoms with Crippen molar-refractivity contribution in [3.8, 4) is 5.75 Å². The molecule has 0 spiro atoms. The van der Waals surface area contributed by atoms with Gasteiger partial charge in [-0.15, -0.1) is 0 Å². The van der Waals surface area contributed by atoms with Crippen LogP contribution in [0.15, 0.2) is 46.2 Å². The van der Waals surface area contributed by atoms with Gasteiger partial charge in [-0.1, -0.05) is 6.58 Å². The van der Waals surface area contributed by atoms with Crippen LogP contribution < -0.4 is 10.1 Å². The van der Waals surface area contributed by atoms with Gasteiger partial charge in [0.1, 0.15) is 11.5 Å². The third-order valence-corrected chi connectivity index (χ3v) is 5.79. The molecule has 1 aromatic carbocycles. The number of carbonyl (C=O) groups excluding carboxylic acids is 1. The molecule has 3 rings (SSSR count). The van der Waals surface area contributed by atoms with Crippen LogP contribution in [-0.4, -0.2) is 25.7 Å². The summed E-state index contributed by atoms with van der Waals surface area (Å²) in [6, 6.07) is 6.38. The SMILES string of the molecule is C=CC(=O)Nc1cc2c(o1)CN(S(=O)(=O)c1ccc(OC)c(C)c1)C2. The van der Waals surface area contributed by atoms with Crippen molar-refractivity contribution < 1.29 is 22.4 Å². The molecule has 0 saturated heterocycles. The number of hydrogen-bond donors (Lipinski definition) is 1. The van der Waals surface area contributed by atoms with Crippen LogP contribution >= 0.6 is 0 Å². The molecular formula is C17H18N2O5S. The van der Waals surface area contributed by atoms with Gasteiger partial charge in [0.05, 0.1) is 18.6 Å². The molecule has 1 N–H and O–H groups in total. The summed E-state index contributed by atoms with van der Waals surface area (Å²) in [5.74, 6) is 1.06. The van der Waals surface area contributed by atoms with Gasteiger partial charge < -0.3 is 9.15 Å². The first-order valence-corrected chi connectivity index (χ1v) is 8.99. The highest BCUT2D eigenvalue weighted by molar-refractivity contribution is 7.89. The standard InChI is InChI=1S/C17H18N2O5S/c1-4-16(20)18-17-8-12-9-19(10-15(12)24-17)25(21,22)13-5-6-14(23-3)11(2)7-13/h4-8H,1,9-10H2,2-3H3,(H,18,20). The Hall–Kier alpha value is -2.58. The molecule has 8 heteroatoms. The van der Waals surface area contributed by atoms with Crippen molar-refractivity contribution in [3.05, 3.63) is 53.8 Å². The molecule has 7 nitrogen and oxygen atoms in total. The molecule has 0 atom stereocenters. The van der Waals surface area contributed by atoms with Crippen LogP contribution in [0.2, 0.25) is 0 Å². The second kappa shape index (κ2) is 6.38. The summed E-state index contributed by atoms with van der Waals surface area (Å²) < 4.78 is 37.7. The molecule has 1 aliphatic heterocycles. The lowest BCUT2D eigenvalue weighted by Crippen LogP contribution is -2.26. The van der Waals surface area contributed by atoms with E-state index in [2.05, 4.69) is 11.9 Å². The molecule has 0 bridgehead atoms. The lowest BCUT2D eigenvalue weighted by atomic mass is 10.2. The van der Waals surface area contributed by atoms with Crippen LogP contribution in [0.1, 0.15) is 16.9 Å². The van der Waals surface area contributed by atoms with Gasteiger partial charge in [0.15, 0.2) is 5.88 Å². The normalized spacial score (nSPS) is 14.2. The van der Waals surface area contributed by atoms with Crippen molar-refractivity contribution in [1.82, 2.24) is 4.31 Å². The number of hydrogen-bond acceptors (Lipinski definition) is 5. The molecule has 2 aromatic rings. The molecule has 0 unspecified atom stereocenters. The second-order valence-corrected chi connectivity index (χ2v) is 7.59. The van der Waals surface area contributed by atoms with E-state index in [0.29, 0.717) is 11.5 Å². The molecule has 0 aliphatic carbocycles. The molecule has 1 amide bonds. The Bertz CT molecular complexity index is 922. The number of fused-ring (bicyclic) bond motifs is 1. The zero-order valence-corrected chi connectivity index (χ0v) is 14.7. The first-order valence-electron chi connectivity index (χ1n) is 7.55. The highest BCUT2D eigenvalue weighted by atomic mass is 32.2. The van der Waals surface area contributed by atoms with E-state index in [1.807, 2.05) is 0 Å². The smallest absolute Gasteiger partial charge is 0.250 e. The minimum atomic E-state index is -3.65. The van der Waals surface area contributed by atoms with Crippen molar-refractivity contribution in [2.45, 2.75) is 24.9 Å². The van der Waals surface area contributed by atoms with Gasteiger partial charge in [-0.25, -0.2) is 8.42 Å². The van der Waals surface area contributed by atoms with Crippen molar-refractivity contribution in [2.75, 3.05) is 12.4 Å². The molecule has 2 heterocycles. The fraction of sp³-hybridized carbons (Fsp3) is 0.235. The summed E-state index contributed by atoms with van der Waals surface area (Å²) >= 11 is 0. The number of methoxy groups -OCH3 is 1. The summed E-state index contributed by atoms with van der Waals surface area (Å²) in [6.45, 7) is 5.47. The number of rotatable bonds is 5. The van der Waals surface area contributed by atoms with Crippen LogP contribution in [0.4, 0.5) is 5.88 Å². The van der Waals surface area contributed by atoms with Gasteiger partial charge in [0.2, 0.25) is 15.9 Å². The van der Waals surface area contributed by atoms with Gasteiger partial charge in [0, 0.05) is 18.2 Å². The van der Waals surface area contributed by atoms with Gasteiger partial charge in [-0.05, 0) is 36.8 Å². The Labute approximate surface area is 145 Å². The van der Waals surface area contributed by atoms with Gasteiger partial charge in [0.25, 0.3) is 0 Å². The number of amides is 1. The average Bonchev–Trinajstić information content (AvgIpc) is 3.13. The Morgan fingerprint density at radius 3 is 2.72 bits per heavy atom. The van der Waals surface area contributed by atoms with Gasteiger partial charge >= 0.3 is 0 Å². The third-order valence-electron chi connectivity index (χ3n) is 4.00. The molecule has 25 heavy (non-hydrogen) atoms. The quantitative estimate of drug-likeness (QED) is 0.825. The van der Waals surface area contributed by atoms with Crippen LogP contribution in [-0.2, 0) is 27.9 Å². The predicted octanol–water partition coefficient (Wildman–Crippen LogP) is 2.43. The number of carbonyl (C=O) groups is 1. The summed E-state index contributed by atoms with van der Waals surface area (Å²) in [4.78, 5) is 11.5. The Morgan fingerprint density at radius 2 is 2.12 bits per heavy atom. The summed E-state index contributed by atoms with van der Waals surface area (Å²) in [5, 5.41) is 2.52. The number of ether oxygens (including phenoxy) is 1. The highest BCUT2D eigenvalue weighted by Crippen LogP contribution is 2.33. The van der Waals surface area contributed by atoms with E-state index in [-0.39, 0.29) is 29.8 Å². The lowest BCUT2D eigenvalue weighted by molar-refractivity contribution is -0.112. The van der Waals surface area contributed by atoms with E-state index in [4.69, 9.17) is 9.15 Å². The number of anilines is 1. The number of nitrogens with zero attached hydrogens (tertiary/aromatic N) is 1. The monoisotopic (exact) mass is 362 g/mol. The zero-order chi connectivity index (χ0) is 18.2. The van der Waals surface area contributed by atoms with Crippen molar-refractivity contribution in [1.29, 1.82) is 0 Å². The van der Waals surface area contributed by atoms with Crippen molar-refractivity contribution >= 4 is 21.8 Å². The fourth-order valence-corrected chi connectivity index (χ4v) is 4.16. The van der Waals surface area contributed by atoms with E-state index in [1.54, 1.807) is 25.1 Å². The Morgan fingerprint density at radius 1 is 1.36 bits per heavy atom. The summed E-state index contributed by atoms with van der Waals surface area (Å²) in [6.07, 6.45) is 1.14. The van der Waals surface area contributed by atoms with Crippen molar-refractivity contribution in [2.24, 2.45) is 0 Å². The molecule has 0 fully saturated rings. The van der Waals surface area contributed by atoms with Gasteiger partial charge in [-0.3, -0.25) is 10.1 Å². The van der Waals surface area contributed by atoms with Gasteiger partial charge in [-0.2, -0.15) is 4.31 Å². The number of sulfonamides is 1. The number of furan rings is 1. The molecule has 1 aliphatic rings. The fourth-order valence-electron chi connectivity index (χ4n) is 2.70. The largest absolute Gasteiger partial charge is 0.496 e.